The highest BCUT2D eigenvalue weighted by atomic mass is 32.1. The third-order valence-corrected chi connectivity index (χ3v) is 3.85. The number of halogens is 1. The zero-order valence-electron chi connectivity index (χ0n) is 10.2. The average molecular weight is 288 g/mol. The smallest absolute Gasteiger partial charge is 0.356 e. The summed E-state index contributed by atoms with van der Waals surface area (Å²) in [5.41, 5.74) is 0.447. The number of benzene rings is 1. The largest absolute Gasteiger partial charge is 0.476 e. The lowest BCUT2D eigenvalue weighted by molar-refractivity contribution is 0.0692. The molecule has 0 radical (unpaired) electrons. The van der Waals surface area contributed by atoms with Gasteiger partial charge in [0.1, 0.15) is 5.82 Å². The summed E-state index contributed by atoms with van der Waals surface area (Å²) < 4.78 is 15.0. The number of carbonyl (C=O) groups is 1. The van der Waals surface area contributed by atoms with Crippen molar-refractivity contribution >= 4 is 17.3 Å². The van der Waals surface area contributed by atoms with Gasteiger partial charge in [-0.1, -0.05) is 23.5 Å². The van der Waals surface area contributed by atoms with E-state index in [1.165, 1.54) is 23.5 Å². The van der Waals surface area contributed by atoms with Crippen molar-refractivity contribution in [2.75, 3.05) is 0 Å². The third-order valence-electron chi connectivity index (χ3n) is 2.73. The highest BCUT2D eigenvalue weighted by molar-refractivity contribution is 7.17. The Balaban J connectivity index is 2.17. The molecule has 0 aliphatic carbocycles. The number of rotatable bonds is 3. The first-order chi connectivity index (χ1) is 9.65. The van der Waals surface area contributed by atoms with E-state index in [1.54, 1.807) is 29.1 Å². The highest BCUT2D eigenvalue weighted by Crippen LogP contribution is 2.32. The van der Waals surface area contributed by atoms with Gasteiger partial charge in [-0.15, -0.1) is 0 Å². The van der Waals surface area contributed by atoms with Gasteiger partial charge < -0.3 is 9.67 Å². The highest BCUT2D eigenvalue weighted by Gasteiger charge is 2.19. The Hall–Kier alpha value is -2.47. The summed E-state index contributed by atoms with van der Waals surface area (Å²) in [7, 11) is 0. The van der Waals surface area contributed by atoms with Crippen LogP contribution in [-0.2, 0) is 0 Å². The van der Waals surface area contributed by atoms with Crippen LogP contribution in [0.4, 0.5) is 4.39 Å². The van der Waals surface area contributed by atoms with E-state index < -0.39 is 11.8 Å². The fraction of sp³-hybridized carbons (Fsp3) is 0. The Morgan fingerprint density at radius 1 is 1.25 bits per heavy atom. The monoisotopic (exact) mass is 288 g/mol. The van der Waals surface area contributed by atoms with Crippen molar-refractivity contribution < 1.29 is 14.3 Å². The van der Waals surface area contributed by atoms with Crippen LogP contribution in [0, 0.1) is 5.82 Å². The number of thiazole rings is 1. The number of aromatic carboxylic acids is 1. The zero-order valence-corrected chi connectivity index (χ0v) is 11.0. The van der Waals surface area contributed by atoms with Gasteiger partial charge in [0.25, 0.3) is 0 Å². The molecule has 4 nitrogen and oxygen atoms in total. The molecule has 1 N–H and O–H groups in total. The van der Waals surface area contributed by atoms with E-state index >= 15 is 0 Å². The predicted molar refractivity (Wildman–Crippen MR) is 73.8 cm³/mol. The minimum atomic E-state index is -1.13. The molecule has 0 bridgehead atoms. The van der Waals surface area contributed by atoms with Gasteiger partial charge in [-0.2, -0.15) is 0 Å². The number of aromatic nitrogens is 2. The third kappa shape index (κ3) is 2.21. The molecule has 0 saturated carbocycles. The summed E-state index contributed by atoms with van der Waals surface area (Å²) >= 11 is 1.21. The van der Waals surface area contributed by atoms with Crippen LogP contribution in [0.15, 0.2) is 48.8 Å². The standard InChI is InChI=1S/C14H9FN2O2S/c15-10-5-3-4-9(8-10)12-11(13(18)19)16-14(20-12)17-6-1-2-7-17/h1-8H,(H,18,19). The maximum atomic E-state index is 13.3. The van der Waals surface area contributed by atoms with E-state index in [4.69, 9.17) is 0 Å². The molecule has 0 unspecified atom stereocenters. The van der Waals surface area contributed by atoms with Gasteiger partial charge in [0.15, 0.2) is 10.8 Å². The number of hydrogen-bond donors (Lipinski definition) is 1. The normalized spacial score (nSPS) is 10.7. The molecule has 0 fully saturated rings. The van der Waals surface area contributed by atoms with Crippen molar-refractivity contribution in [2.24, 2.45) is 0 Å². The fourth-order valence-corrected chi connectivity index (χ4v) is 2.87. The van der Waals surface area contributed by atoms with E-state index in [2.05, 4.69) is 4.98 Å². The van der Waals surface area contributed by atoms with Gasteiger partial charge in [0.05, 0.1) is 4.88 Å². The number of carboxylic acids is 1. The van der Waals surface area contributed by atoms with Crippen LogP contribution in [0.3, 0.4) is 0 Å². The molecular formula is C14H9FN2O2S. The van der Waals surface area contributed by atoms with Crippen molar-refractivity contribution in [3.05, 3.63) is 60.3 Å². The quantitative estimate of drug-likeness (QED) is 0.803. The summed E-state index contributed by atoms with van der Waals surface area (Å²) in [5, 5.41) is 9.78. The van der Waals surface area contributed by atoms with Crippen molar-refractivity contribution in [2.45, 2.75) is 0 Å². The van der Waals surface area contributed by atoms with Crippen LogP contribution < -0.4 is 0 Å². The summed E-state index contributed by atoms with van der Waals surface area (Å²) in [6.07, 6.45) is 3.56. The SMILES string of the molecule is O=C(O)c1nc(-n2cccc2)sc1-c1cccc(F)c1. The molecule has 0 amide bonds. The Kier molecular flexibility index (Phi) is 3.08. The molecule has 0 spiro atoms. The van der Waals surface area contributed by atoms with Gasteiger partial charge in [0, 0.05) is 12.4 Å². The summed E-state index contributed by atoms with van der Waals surface area (Å²) in [6.45, 7) is 0. The molecule has 0 aliphatic heterocycles. The first-order valence-electron chi connectivity index (χ1n) is 5.78. The van der Waals surface area contributed by atoms with E-state index in [0.29, 0.717) is 15.6 Å². The van der Waals surface area contributed by atoms with Crippen molar-refractivity contribution in [1.82, 2.24) is 9.55 Å². The first-order valence-corrected chi connectivity index (χ1v) is 6.60. The molecule has 3 rings (SSSR count). The van der Waals surface area contributed by atoms with Crippen molar-refractivity contribution in [1.29, 1.82) is 0 Å². The van der Waals surface area contributed by atoms with E-state index in [9.17, 15) is 14.3 Å². The van der Waals surface area contributed by atoms with E-state index in [-0.39, 0.29) is 5.69 Å². The van der Waals surface area contributed by atoms with Gasteiger partial charge >= 0.3 is 5.97 Å². The van der Waals surface area contributed by atoms with Gasteiger partial charge in [-0.05, 0) is 29.8 Å². The van der Waals surface area contributed by atoms with Gasteiger partial charge in [-0.25, -0.2) is 14.2 Å². The van der Waals surface area contributed by atoms with Crippen LogP contribution in [0.1, 0.15) is 10.5 Å². The number of nitrogens with zero attached hydrogens (tertiary/aromatic N) is 2. The molecule has 0 aliphatic rings. The second kappa shape index (κ2) is 4.90. The zero-order chi connectivity index (χ0) is 14.1. The Morgan fingerprint density at radius 2 is 2.00 bits per heavy atom. The Labute approximate surface area is 117 Å². The van der Waals surface area contributed by atoms with Crippen LogP contribution in [-0.4, -0.2) is 20.6 Å². The Bertz CT molecular complexity index is 765. The number of carboxylic acid groups (broad SMARTS) is 1. The summed E-state index contributed by atoms with van der Waals surface area (Å²) in [6, 6.07) is 9.48. The minimum absolute atomic E-state index is 0.0655. The average Bonchev–Trinajstić information content (AvgIpc) is 3.08. The second-order valence-corrected chi connectivity index (χ2v) is 5.06. The molecule has 3 aromatic rings. The first kappa shape index (κ1) is 12.6. The Morgan fingerprint density at radius 3 is 2.65 bits per heavy atom. The topological polar surface area (TPSA) is 55.1 Å². The van der Waals surface area contributed by atoms with Crippen LogP contribution >= 0.6 is 11.3 Å². The lowest BCUT2D eigenvalue weighted by Crippen LogP contribution is -1.99. The van der Waals surface area contributed by atoms with E-state index in [1.807, 2.05) is 12.1 Å². The minimum Gasteiger partial charge on any atom is -0.476 e. The molecule has 100 valence electrons. The molecule has 2 aromatic heterocycles. The van der Waals surface area contributed by atoms with Gasteiger partial charge in [0.2, 0.25) is 0 Å². The second-order valence-electron chi connectivity index (χ2n) is 4.08. The maximum absolute atomic E-state index is 13.3. The van der Waals surface area contributed by atoms with Crippen LogP contribution in [0.25, 0.3) is 15.6 Å². The van der Waals surface area contributed by atoms with Crippen molar-refractivity contribution in [3.63, 3.8) is 0 Å². The molecule has 0 saturated heterocycles. The van der Waals surface area contributed by atoms with Gasteiger partial charge in [-0.3, -0.25) is 0 Å². The fourth-order valence-electron chi connectivity index (χ4n) is 1.85. The molecule has 1 aromatic carbocycles. The molecule has 20 heavy (non-hydrogen) atoms. The summed E-state index contributed by atoms with van der Waals surface area (Å²) in [5.74, 6) is -1.53. The summed E-state index contributed by atoms with van der Waals surface area (Å²) in [4.78, 5) is 15.9. The van der Waals surface area contributed by atoms with Crippen molar-refractivity contribution in [3.8, 4) is 15.6 Å². The molecular weight excluding hydrogens is 279 g/mol. The van der Waals surface area contributed by atoms with Crippen LogP contribution in [0.2, 0.25) is 0 Å². The van der Waals surface area contributed by atoms with E-state index in [0.717, 1.165) is 0 Å². The molecule has 2 heterocycles. The lowest BCUT2D eigenvalue weighted by Gasteiger charge is -1.98. The lowest BCUT2D eigenvalue weighted by atomic mass is 10.1. The maximum Gasteiger partial charge on any atom is 0.356 e. The van der Waals surface area contributed by atoms with Crippen LogP contribution in [0.5, 0.6) is 0 Å². The molecule has 6 heteroatoms. The molecule has 0 atom stereocenters. The number of hydrogen-bond acceptors (Lipinski definition) is 3. The predicted octanol–water partition coefficient (Wildman–Crippen LogP) is 3.44.